The third-order valence-corrected chi connectivity index (χ3v) is 1.87. The first kappa shape index (κ1) is 11.2. The van der Waals surface area contributed by atoms with E-state index >= 15 is 0 Å². The monoisotopic (exact) mass is 213 g/mol. The van der Waals surface area contributed by atoms with E-state index in [1.165, 1.54) is 0 Å². The summed E-state index contributed by atoms with van der Waals surface area (Å²) in [6, 6.07) is 5.64. The first-order valence-electron chi connectivity index (χ1n) is 4.01. The predicted molar refractivity (Wildman–Crippen MR) is 45.9 cm³/mol. The van der Waals surface area contributed by atoms with Crippen LogP contribution in [-0.2, 0) is 11.0 Å². The summed E-state index contributed by atoms with van der Waals surface area (Å²) in [6.07, 6.45) is -4.01. The molecule has 1 rings (SSSR count). The minimum absolute atomic E-state index is 0.264. The number of carbonyl (C=O) groups is 1. The molecule has 15 heavy (non-hydrogen) atoms. The molecule has 0 aromatic heterocycles. The van der Waals surface area contributed by atoms with Crippen LogP contribution in [0.15, 0.2) is 24.3 Å². The summed E-state index contributed by atoms with van der Waals surface area (Å²) < 4.78 is 36.4. The van der Waals surface area contributed by atoms with E-state index in [0.717, 1.165) is 24.3 Å². The van der Waals surface area contributed by atoms with Crippen molar-refractivity contribution in [3.05, 3.63) is 35.4 Å². The van der Waals surface area contributed by atoms with E-state index in [4.69, 9.17) is 5.26 Å². The fourth-order valence-corrected chi connectivity index (χ4v) is 1.06. The smallest absolute Gasteiger partial charge is 0.302 e. The Labute approximate surface area is 83.9 Å². The van der Waals surface area contributed by atoms with Crippen LogP contribution in [-0.4, -0.2) is 6.29 Å². The standard InChI is InChI=1S/C10H6F3NO/c11-10(12,13)9-3-1-7(2-4-9)8(5-14)6-15/h1-4,6,8H. The van der Waals surface area contributed by atoms with Gasteiger partial charge in [-0.25, -0.2) is 0 Å². The van der Waals surface area contributed by atoms with Gasteiger partial charge in [-0.1, -0.05) is 12.1 Å². The molecule has 0 bridgehead atoms. The molecule has 1 aromatic rings. The Kier molecular flexibility index (Phi) is 3.10. The van der Waals surface area contributed by atoms with Crippen molar-refractivity contribution in [1.82, 2.24) is 0 Å². The van der Waals surface area contributed by atoms with Crippen LogP contribution in [0.1, 0.15) is 17.0 Å². The van der Waals surface area contributed by atoms with Crippen molar-refractivity contribution in [3.8, 4) is 6.07 Å². The molecule has 0 spiro atoms. The van der Waals surface area contributed by atoms with Gasteiger partial charge in [-0.3, -0.25) is 0 Å². The molecule has 1 atom stereocenters. The molecule has 0 saturated carbocycles. The van der Waals surface area contributed by atoms with Gasteiger partial charge in [0.2, 0.25) is 0 Å². The lowest BCUT2D eigenvalue weighted by atomic mass is 10.0. The molecular formula is C10H6F3NO. The molecule has 0 aliphatic heterocycles. The van der Waals surface area contributed by atoms with Gasteiger partial charge in [0.05, 0.1) is 11.6 Å². The maximum absolute atomic E-state index is 12.1. The summed E-state index contributed by atoms with van der Waals surface area (Å²) in [5.41, 5.74) is -0.533. The zero-order valence-corrected chi connectivity index (χ0v) is 7.45. The first-order chi connectivity index (χ1) is 6.99. The number of hydrogen-bond donors (Lipinski definition) is 0. The fraction of sp³-hybridized carbons (Fsp3) is 0.200. The summed E-state index contributed by atoms with van der Waals surface area (Å²) in [4.78, 5) is 10.4. The molecule has 1 unspecified atom stereocenters. The minimum atomic E-state index is -4.40. The fourth-order valence-electron chi connectivity index (χ4n) is 1.06. The summed E-state index contributed by atoms with van der Waals surface area (Å²) in [7, 11) is 0. The number of benzene rings is 1. The van der Waals surface area contributed by atoms with Crippen molar-refractivity contribution >= 4 is 6.29 Å². The lowest BCUT2D eigenvalue weighted by Gasteiger charge is -2.07. The molecular weight excluding hydrogens is 207 g/mol. The highest BCUT2D eigenvalue weighted by molar-refractivity contribution is 5.66. The van der Waals surface area contributed by atoms with Crippen molar-refractivity contribution in [2.75, 3.05) is 0 Å². The van der Waals surface area contributed by atoms with E-state index in [9.17, 15) is 18.0 Å². The average Bonchev–Trinajstić information content (AvgIpc) is 2.19. The molecule has 78 valence electrons. The lowest BCUT2D eigenvalue weighted by Crippen LogP contribution is -2.05. The quantitative estimate of drug-likeness (QED) is 0.708. The number of aldehydes is 1. The van der Waals surface area contributed by atoms with Crippen LogP contribution >= 0.6 is 0 Å². The van der Waals surface area contributed by atoms with Gasteiger partial charge in [0.1, 0.15) is 12.2 Å². The first-order valence-corrected chi connectivity index (χ1v) is 4.01. The van der Waals surface area contributed by atoms with Gasteiger partial charge in [-0.2, -0.15) is 18.4 Å². The Morgan fingerprint density at radius 3 is 2.13 bits per heavy atom. The predicted octanol–water partition coefficient (Wildman–Crippen LogP) is 2.51. The highest BCUT2D eigenvalue weighted by Gasteiger charge is 2.30. The third-order valence-electron chi connectivity index (χ3n) is 1.87. The van der Waals surface area contributed by atoms with E-state index in [1.54, 1.807) is 6.07 Å². The third kappa shape index (κ3) is 2.56. The number of rotatable bonds is 2. The highest BCUT2D eigenvalue weighted by atomic mass is 19.4. The van der Waals surface area contributed by atoms with E-state index in [-0.39, 0.29) is 5.56 Å². The Morgan fingerprint density at radius 1 is 1.27 bits per heavy atom. The van der Waals surface area contributed by atoms with E-state index in [0.29, 0.717) is 6.29 Å². The van der Waals surface area contributed by atoms with Crippen LogP contribution in [0.5, 0.6) is 0 Å². The maximum Gasteiger partial charge on any atom is 0.416 e. The Hall–Kier alpha value is -1.83. The highest BCUT2D eigenvalue weighted by Crippen LogP contribution is 2.29. The van der Waals surface area contributed by atoms with Crippen LogP contribution in [0, 0.1) is 11.3 Å². The van der Waals surface area contributed by atoms with Crippen molar-refractivity contribution < 1.29 is 18.0 Å². The number of hydrogen-bond acceptors (Lipinski definition) is 2. The largest absolute Gasteiger partial charge is 0.416 e. The van der Waals surface area contributed by atoms with Gasteiger partial charge >= 0.3 is 6.18 Å². The number of nitriles is 1. The number of halogens is 3. The molecule has 1 aromatic carbocycles. The van der Waals surface area contributed by atoms with Gasteiger partial charge in [0.15, 0.2) is 0 Å². The minimum Gasteiger partial charge on any atom is -0.302 e. The van der Waals surface area contributed by atoms with Crippen LogP contribution in [0.3, 0.4) is 0 Å². The number of alkyl halides is 3. The van der Waals surface area contributed by atoms with E-state index < -0.39 is 17.7 Å². The van der Waals surface area contributed by atoms with Gasteiger partial charge in [-0.05, 0) is 17.7 Å². The van der Waals surface area contributed by atoms with Crippen LogP contribution in [0.25, 0.3) is 0 Å². The maximum atomic E-state index is 12.1. The van der Waals surface area contributed by atoms with Crippen LogP contribution in [0.2, 0.25) is 0 Å². The molecule has 0 heterocycles. The average molecular weight is 213 g/mol. The molecule has 5 heteroatoms. The van der Waals surface area contributed by atoms with Gasteiger partial charge < -0.3 is 4.79 Å². The second-order valence-electron chi connectivity index (χ2n) is 2.86. The number of nitrogens with zero attached hydrogens (tertiary/aromatic N) is 1. The normalized spacial score (nSPS) is 12.9. The summed E-state index contributed by atoms with van der Waals surface area (Å²) in [5, 5.41) is 8.51. The van der Waals surface area contributed by atoms with Crippen LogP contribution in [0.4, 0.5) is 13.2 Å². The van der Waals surface area contributed by atoms with Gasteiger partial charge in [0, 0.05) is 0 Å². The second-order valence-corrected chi connectivity index (χ2v) is 2.86. The molecule has 0 amide bonds. The Morgan fingerprint density at radius 2 is 1.80 bits per heavy atom. The van der Waals surface area contributed by atoms with Gasteiger partial charge in [-0.15, -0.1) is 0 Å². The Balaban J connectivity index is 3.01. The van der Waals surface area contributed by atoms with Crippen molar-refractivity contribution in [1.29, 1.82) is 5.26 Å². The molecule has 0 radical (unpaired) electrons. The van der Waals surface area contributed by atoms with Crippen molar-refractivity contribution in [2.24, 2.45) is 0 Å². The van der Waals surface area contributed by atoms with E-state index in [2.05, 4.69) is 0 Å². The van der Waals surface area contributed by atoms with Gasteiger partial charge in [0.25, 0.3) is 0 Å². The molecule has 0 N–H and O–H groups in total. The van der Waals surface area contributed by atoms with Crippen molar-refractivity contribution in [3.63, 3.8) is 0 Å². The summed E-state index contributed by atoms with van der Waals surface area (Å²) >= 11 is 0. The van der Waals surface area contributed by atoms with E-state index in [1.807, 2.05) is 0 Å². The van der Waals surface area contributed by atoms with Crippen molar-refractivity contribution in [2.45, 2.75) is 12.1 Å². The Bertz CT molecular complexity index is 389. The molecule has 0 aliphatic rings. The topological polar surface area (TPSA) is 40.9 Å². The zero-order valence-electron chi connectivity index (χ0n) is 7.45. The SMILES string of the molecule is N#CC(C=O)c1ccc(C(F)(F)F)cc1. The molecule has 2 nitrogen and oxygen atoms in total. The van der Waals surface area contributed by atoms with Crippen LogP contribution < -0.4 is 0 Å². The number of carbonyl (C=O) groups excluding carboxylic acids is 1. The molecule has 0 saturated heterocycles. The lowest BCUT2D eigenvalue weighted by molar-refractivity contribution is -0.137. The molecule has 0 aliphatic carbocycles. The molecule has 0 fully saturated rings. The summed E-state index contributed by atoms with van der Waals surface area (Å²) in [5.74, 6) is -1.01. The second kappa shape index (κ2) is 4.13. The summed E-state index contributed by atoms with van der Waals surface area (Å²) in [6.45, 7) is 0. The zero-order chi connectivity index (χ0) is 11.5.